The standard InChI is InChI=1S/C11H10O2S2/c1-9-7-8-14-11(9)15(12,13)10-5-3-2-4-6-10/h2-8H,1H3. The van der Waals surface area contributed by atoms with Gasteiger partial charge in [0.2, 0.25) is 9.84 Å². The number of aryl methyl sites for hydroxylation is 1. The number of thiophene rings is 1. The normalized spacial score (nSPS) is 11.5. The summed E-state index contributed by atoms with van der Waals surface area (Å²) in [7, 11) is -3.31. The molecule has 2 aromatic rings. The minimum atomic E-state index is -3.31. The molecule has 0 spiro atoms. The molecule has 1 heterocycles. The Labute approximate surface area is 93.1 Å². The van der Waals surface area contributed by atoms with Gasteiger partial charge < -0.3 is 0 Å². The number of hydrogen-bond donors (Lipinski definition) is 0. The van der Waals surface area contributed by atoms with Gasteiger partial charge >= 0.3 is 0 Å². The van der Waals surface area contributed by atoms with Gasteiger partial charge in [-0.15, -0.1) is 11.3 Å². The van der Waals surface area contributed by atoms with Gasteiger partial charge in [-0.2, -0.15) is 0 Å². The van der Waals surface area contributed by atoms with Crippen LogP contribution in [-0.4, -0.2) is 8.42 Å². The molecule has 0 unspecified atom stereocenters. The van der Waals surface area contributed by atoms with Crippen molar-refractivity contribution < 1.29 is 8.42 Å². The first-order valence-corrected chi connectivity index (χ1v) is 6.83. The fraction of sp³-hybridized carbons (Fsp3) is 0.0909. The molecule has 0 aliphatic heterocycles. The van der Waals surface area contributed by atoms with Crippen LogP contribution in [0.15, 0.2) is 50.9 Å². The quantitative estimate of drug-likeness (QED) is 0.806. The summed E-state index contributed by atoms with van der Waals surface area (Å²) in [6, 6.07) is 10.3. The van der Waals surface area contributed by atoms with E-state index in [9.17, 15) is 8.42 Å². The molecule has 0 atom stereocenters. The predicted octanol–water partition coefficient (Wildman–Crippen LogP) is 2.89. The van der Waals surface area contributed by atoms with Gasteiger partial charge in [-0.3, -0.25) is 0 Å². The van der Waals surface area contributed by atoms with Crippen LogP contribution in [0.3, 0.4) is 0 Å². The zero-order chi connectivity index (χ0) is 10.9. The molecule has 0 bridgehead atoms. The SMILES string of the molecule is Cc1ccsc1S(=O)(=O)c1ccccc1. The molecule has 1 aromatic carbocycles. The van der Waals surface area contributed by atoms with Crippen molar-refractivity contribution in [3.8, 4) is 0 Å². The van der Waals surface area contributed by atoms with E-state index in [0.717, 1.165) is 5.56 Å². The number of sulfone groups is 1. The third-order valence-electron chi connectivity index (χ3n) is 2.11. The Hall–Kier alpha value is -1.13. The monoisotopic (exact) mass is 238 g/mol. The van der Waals surface area contributed by atoms with Crippen molar-refractivity contribution in [2.75, 3.05) is 0 Å². The first-order valence-electron chi connectivity index (χ1n) is 4.46. The van der Waals surface area contributed by atoms with Crippen LogP contribution in [0.4, 0.5) is 0 Å². The summed E-state index contributed by atoms with van der Waals surface area (Å²) in [6.45, 7) is 1.81. The average Bonchev–Trinajstić information content (AvgIpc) is 2.66. The van der Waals surface area contributed by atoms with E-state index in [2.05, 4.69) is 0 Å². The van der Waals surface area contributed by atoms with Crippen LogP contribution >= 0.6 is 11.3 Å². The molecule has 0 N–H and O–H groups in total. The summed E-state index contributed by atoms with van der Waals surface area (Å²) >= 11 is 1.26. The minimum Gasteiger partial charge on any atom is -0.218 e. The summed E-state index contributed by atoms with van der Waals surface area (Å²) < 4.78 is 24.7. The van der Waals surface area contributed by atoms with Crippen molar-refractivity contribution in [1.29, 1.82) is 0 Å². The Morgan fingerprint density at radius 3 is 2.27 bits per heavy atom. The van der Waals surface area contributed by atoms with E-state index in [1.165, 1.54) is 11.3 Å². The lowest BCUT2D eigenvalue weighted by Gasteiger charge is -2.02. The van der Waals surface area contributed by atoms with Gasteiger partial charge in [-0.25, -0.2) is 8.42 Å². The van der Waals surface area contributed by atoms with Crippen molar-refractivity contribution in [1.82, 2.24) is 0 Å². The Bertz CT molecular complexity index is 553. The number of rotatable bonds is 2. The van der Waals surface area contributed by atoms with Crippen molar-refractivity contribution in [3.05, 3.63) is 47.3 Å². The molecular weight excluding hydrogens is 228 g/mol. The van der Waals surface area contributed by atoms with Gasteiger partial charge in [0.05, 0.1) is 4.90 Å². The first kappa shape index (κ1) is 10.4. The zero-order valence-corrected chi connectivity index (χ0v) is 9.81. The second-order valence-electron chi connectivity index (χ2n) is 3.21. The van der Waals surface area contributed by atoms with E-state index in [1.54, 1.807) is 35.7 Å². The molecule has 1 aromatic heterocycles. The van der Waals surface area contributed by atoms with Crippen LogP contribution in [0.25, 0.3) is 0 Å². The smallest absolute Gasteiger partial charge is 0.216 e. The summed E-state index contributed by atoms with van der Waals surface area (Å²) in [6.07, 6.45) is 0. The average molecular weight is 238 g/mol. The van der Waals surface area contributed by atoms with Gasteiger partial charge in [0.15, 0.2) is 0 Å². The summed E-state index contributed by atoms with van der Waals surface area (Å²) in [4.78, 5) is 0.357. The van der Waals surface area contributed by atoms with Crippen molar-refractivity contribution in [2.45, 2.75) is 16.0 Å². The molecule has 15 heavy (non-hydrogen) atoms. The maximum atomic E-state index is 12.1. The Balaban J connectivity index is 2.60. The van der Waals surface area contributed by atoms with E-state index in [1.807, 2.05) is 13.0 Å². The molecule has 2 rings (SSSR count). The number of benzene rings is 1. The first-order chi connectivity index (χ1) is 7.12. The van der Waals surface area contributed by atoms with Crippen LogP contribution in [0, 0.1) is 6.92 Å². The molecule has 78 valence electrons. The summed E-state index contributed by atoms with van der Waals surface area (Å²) in [5.74, 6) is 0. The molecule has 0 saturated carbocycles. The van der Waals surface area contributed by atoms with Crippen LogP contribution < -0.4 is 0 Å². The van der Waals surface area contributed by atoms with Gasteiger partial charge in [0, 0.05) is 0 Å². The van der Waals surface area contributed by atoms with Crippen LogP contribution in [-0.2, 0) is 9.84 Å². The Morgan fingerprint density at radius 1 is 1.07 bits per heavy atom. The minimum absolute atomic E-state index is 0.357. The third-order valence-corrected chi connectivity index (χ3v) is 5.57. The molecule has 0 aliphatic rings. The molecule has 0 saturated heterocycles. The molecule has 4 heteroatoms. The molecule has 0 aliphatic carbocycles. The highest BCUT2D eigenvalue weighted by molar-refractivity contribution is 7.93. The van der Waals surface area contributed by atoms with E-state index in [4.69, 9.17) is 0 Å². The fourth-order valence-electron chi connectivity index (χ4n) is 1.34. The highest BCUT2D eigenvalue weighted by Crippen LogP contribution is 2.27. The van der Waals surface area contributed by atoms with Gasteiger partial charge in [-0.1, -0.05) is 18.2 Å². The zero-order valence-electron chi connectivity index (χ0n) is 8.17. The third kappa shape index (κ3) is 1.82. The molecule has 0 radical (unpaired) electrons. The maximum absolute atomic E-state index is 12.1. The number of hydrogen-bond acceptors (Lipinski definition) is 3. The van der Waals surface area contributed by atoms with E-state index in [-0.39, 0.29) is 0 Å². The van der Waals surface area contributed by atoms with E-state index < -0.39 is 9.84 Å². The van der Waals surface area contributed by atoms with Gasteiger partial charge in [0.25, 0.3) is 0 Å². The highest BCUT2D eigenvalue weighted by Gasteiger charge is 2.20. The highest BCUT2D eigenvalue weighted by atomic mass is 32.2. The molecular formula is C11H10O2S2. The lowest BCUT2D eigenvalue weighted by molar-refractivity contribution is 0.597. The molecule has 0 amide bonds. The second-order valence-corrected chi connectivity index (χ2v) is 6.27. The Kier molecular flexibility index (Phi) is 2.63. The van der Waals surface area contributed by atoms with Crippen LogP contribution in [0.2, 0.25) is 0 Å². The lowest BCUT2D eigenvalue weighted by atomic mass is 10.4. The largest absolute Gasteiger partial charge is 0.218 e. The maximum Gasteiger partial charge on any atom is 0.216 e. The Morgan fingerprint density at radius 2 is 1.73 bits per heavy atom. The van der Waals surface area contributed by atoms with Crippen molar-refractivity contribution in [3.63, 3.8) is 0 Å². The van der Waals surface area contributed by atoms with E-state index in [0.29, 0.717) is 9.10 Å². The summed E-state index contributed by atoms with van der Waals surface area (Å²) in [5.41, 5.74) is 0.809. The van der Waals surface area contributed by atoms with E-state index >= 15 is 0 Å². The van der Waals surface area contributed by atoms with Gasteiger partial charge in [0.1, 0.15) is 4.21 Å². The predicted molar refractivity (Wildman–Crippen MR) is 60.9 cm³/mol. The van der Waals surface area contributed by atoms with Gasteiger partial charge in [-0.05, 0) is 36.1 Å². The molecule has 0 fully saturated rings. The summed E-state index contributed by atoms with van der Waals surface area (Å²) in [5, 5.41) is 1.80. The fourth-order valence-corrected chi connectivity index (χ4v) is 4.17. The van der Waals surface area contributed by atoms with Crippen molar-refractivity contribution in [2.24, 2.45) is 0 Å². The van der Waals surface area contributed by atoms with Crippen LogP contribution in [0.5, 0.6) is 0 Å². The van der Waals surface area contributed by atoms with Crippen molar-refractivity contribution >= 4 is 21.2 Å². The molecule has 2 nitrogen and oxygen atoms in total. The lowest BCUT2D eigenvalue weighted by Crippen LogP contribution is -2.00. The topological polar surface area (TPSA) is 34.1 Å². The second kappa shape index (κ2) is 3.79. The van der Waals surface area contributed by atoms with Crippen LogP contribution in [0.1, 0.15) is 5.56 Å².